The van der Waals surface area contributed by atoms with Gasteiger partial charge in [0.2, 0.25) is 0 Å². The van der Waals surface area contributed by atoms with Gasteiger partial charge >= 0.3 is 19.8 Å². The Labute approximate surface area is 358 Å². The summed E-state index contributed by atoms with van der Waals surface area (Å²) in [6, 6.07) is 0. The van der Waals surface area contributed by atoms with Gasteiger partial charge in [-0.05, 0) is 83.5 Å². The lowest BCUT2D eigenvalue weighted by Gasteiger charge is -2.24. The van der Waals surface area contributed by atoms with Crippen molar-refractivity contribution in [3.8, 4) is 0 Å². The second-order valence-electron chi connectivity index (χ2n) is 15.5. The molecule has 336 valence electrons. The molecule has 59 heavy (non-hydrogen) atoms. The van der Waals surface area contributed by atoms with Crippen molar-refractivity contribution in [1.29, 1.82) is 0 Å². The summed E-state index contributed by atoms with van der Waals surface area (Å²) in [5, 5.41) is 9.83. The van der Waals surface area contributed by atoms with Crippen molar-refractivity contribution in [2.24, 2.45) is 0 Å². The third-order valence-corrected chi connectivity index (χ3v) is 9.65. The van der Waals surface area contributed by atoms with Gasteiger partial charge in [-0.15, -0.1) is 0 Å². The SMILES string of the molecule is CC/C=C\C/C=C\C/C=C\C/C=C\CCCCCCC(=O)OC[C@H](COP(=O)(O)OCC[N+](C)(C)C)OC(=O)CCC/C=C\C/C=C\C/C=C\C/C=C\[C@H](O)CCCC. The third-order valence-electron chi connectivity index (χ3n) is 8.67. The molecule has 11 heteroatoms. The van der Waals surface area contributed by atoms with Crippen LogP contribution in [0.2, 0.25) is 0 Å². The van der Waals surface area contributed by atoms with E-state index in [1.54, 1.807) is 0 Å². The number of esters is 2. The average Bonchev–Trinajstić information content (AvgIpc) is 3.18. The molecule has 3 atom stereocenters. The minimum atomic E-state index is -4.41. The second-order valence-corrected chi connectivity index (χ2v) is 17.0. The van der Waals surface area contributed by atoms with Crippen LogP contribution >= 0.6 is 7.82 Å². The van der Waals surface area contributed by atoms with Gasteiger partial charge in [0.05, 0.1) is 33.9 Å². The number of carbonyl (C=O) groups excluding carboxylic acids is 2. The molecule has 0 aromatic rings. The Kier molecular flexibility index (Phi) is 37.0. The quantitative estimate of drug-likeness (QED) is 0.0205. The van der Waals surface area contributed by atoms with Crippen molar-refractivity contribution < 1.29 is 47.2 Å². The van der Waals surface area contributed by atoms with Crippen molar-refractivity contribution in [3.63, 3.8) is 0 Å². The molecule has 0 aliphatic carbocycles. The fourth-order valence-electron chi connectivity index (χ4n) is 5.19. The van der Waals surface area contributed by atoms with Crippen LogP contribution in [0.3, 0.4) is 0 Å². The van der Waals surface area contributed by atoms with E-state index in [1.807, 2.05) is 45.4 Å². The number of allylic oxidation sites excluding steroid dienone is 15. The van der Waals surface area contributed by atoms with E-state index in [0.717, 1.165) is 89.9 Å². The van der Waals surface area contributed by atoms with Crippen LogP contribution in [0.1, 0.15) is 136 Å². The standard InChI is InChI=1S/C48H80NO9P/c1-6-8-10-11-12-13-14-15-16-17-18-19-23-26-29-32-35-39-47(51)55-43-46(44-57-59(53,54)56-42-41-49(3,4)5)58-48(52)40-36-33-30-27-24-21-20-22-25-28-31-34-38-45(50)37-9-7-2/h8,10,12-13,15-16,18-21,25,27-28,30,34,38,45-46,50H,6-7,9,11,14,17,22-24,26,29,31-33,35-37,39-44H2,1-5H3/p+1/b10-8-,13-12-,16-15-,19-18-,21-20-,28-25-,30-27-,38-34-/t45-,46-/m1/s1. The number of phosphoric ester groups is 1. The highest BCUT2D eigenvalue weighted by Crippen LogP contribution is 2.43. The van der Waals surface area contributed by atoms with E-state index in [2.05, 4.69) is 86.8 Å². The molecule has 0 aromatic heterocycles. The first-order valence-electron chi connectivity index (χ1n) is 22.1. The Balaban J connectivity index is 4.55. The minimum Gasteiger partial charge on any atom is -0.462 e. The number of carbonyl (C=O) groups is 2. The predicted molar refractivity (Wildman–Crippen MR) is 244 cm³/mol. The van der Waals surface area contributed by atoms with E-state index >= 15 is 0 Å². The van der Waals surface area contributed by atoms with E-state index in [-0.39, 0.29) is 32.2 Å². The van der Waals surface area contributed by atoms with Gasteiger partial charge in [0.1, 0.15) is 19.8 Å². The number of unbranched alkanes of at least 4 members (excludes halogenated alkanes) is 6. The number of hydrogen-bond donors (Lipinski definition) is 2. The first-order chi connectivity index (χ1) is 28.4. The topological polar surface area (TPSA) is 129 Å². The summed E-state index contributed by atoms with van der Waals surface area (Å²) in [4.78, 5) is 35.4. The maximum Gasteiger partial charge on any atom is 0.472 e. The van der Waals surface area contributed by atoms with E-state index in [4.69, 9.17) is 18.5 Å². The number of aliphatic hydroxyl groups is 1. The number of aliphatic hydroxyl groups excluding tert-OH is 1. The van der Waals surface area contributed by atoms with Crippen LogP contribution in [-0.4, -0.2) is 86.1 Å². The molecule has 0 saturated carbocycles. The molecule has 2 N–H and O–H groups in total. The molecular weight excluding hydrogens is 765 g/mol. The Morgan fingerprint density at radius 2 is 1.12 bits per heavy atom. The molecule has 0 rings (SSSR count). The van der Waals surface area contributed by atoms with Crippen LogP contribution in [0.25, 0.3) is 0 Å². The summed E-state index contributed by atoms with van der Waals surface area (Å²) in [6.45, 7) is 4.01. The molecule has 0 bridgehead atoms. The number of likely N-dealkylation sites (N-methyl/N-ethyl adjacent to an activating group) is 1. The van der Waals surface area contributed by atoms with Gasteiger partial charge in [-0.3, -0.25) is 18.6 Å². The molecule has 0 spiro atoms. The van der Waals surface area contributed by atoms with Crippen LogP contribution < -0.4 is 0 Å². The second kappa shape index (κ2) is 39.1. The van der Waals surface area contributed by atoms with Crippen molar-refractivity contribution in [1.82, 2.24) is 0 Å². The molecule has 1 unspecified atom stereocenters. The summed E-state index contributed by atoms with van der Waals surface area (Å²) in [6.07, 6.45) is 48.0. The summed E-state index contributed by atoms with van der Waals surface area (Å²) >= 11 is 0. The molecule has 0 aliphatic heterocycles. The van der Waals surface area contributed by atoms with Crippen LogP contribution in [0.15, 0.2) is 97.2 Å². The third kappa shape index (κ3) is 42.8. The lowest BCUT2D eigenvalue weighted by Crippen LogP contribution is -2.37. The van der Waals surface area contributed by atoms with Gasteiger partial charge in [-0.25, -0.2) is 4.57 Å². The van der Waals surface area contributed by atoms with Gasteiger partial charge in [-0.2, -0.15) is 0 Å². The smallest absolute Gasteiger partial charge is 0.462 e. The van der Waals surface area contributed by atoms with E-state index < -0.39 is 32.5 Å². The van der Waals surface area contributed by atoms with Crippen molar-refractivity contribution in [2.75, 3.05) is 47.5 Å². The molecule has 0 saturated heterocycles. The van der Waals surface area contributed by atoms with Gasteiger partial charge < -0.3 is 24.0 Å². The first-order valence-corrected chi connectivity index (χ1v) is 23.5. The van der Waals surface area contributed by atoms with Crippen molar-refractivity contribution in [2.45, 2.75) is 148 Å². The van der Waals surface area contributed by atoms with E-state index in [9.17, 15) is 24.2 Å². The monoisotopic (exact) mass is 847 g/mol. The summed E-state index contributed by atoms with van der Waals surface area (Å²) < 4.78 is 34.2. The Morgan fingerprint density at radius 3 is 1.68 bits per heavy atom. The van der Waals surface area contributed by atoms with Crippen LogP contribution in [0.4, 0.5) is 0 Å². The van der Waals surface area contributed by atoms with E-state index in [0.29, 0.717) is 30.3 Å². The molecular formula is C48H81NO9P+. The maximum absolute atomic E-state index is 12.7. The van der Waals surface area contributed by atoms with Gasteiger partial charge in [0.15, 0.2) is 6.10 Å². The number of nitrogens with zero attached hydrogens (tertiary/aromatic N) is 1. The largest absolute Gasteiger partial charge is 0.472 e. The fourth-order valence-corrected chi connectivity index (χ4v) is 5.93. The van der Waals surface area contributed by atoms with E-state index in [1.165, 1.54) is 0 Å². The molecule has 10 nitrogen and oxygen atoms in total. The molecule has 0 fully saturated rings. The highest BCUT2D eigenvalue weighted by atomic mass is 31.2. The fraction of sp³-hybridized carbons (Fsp3) is 0.625. The number of ether oxygens (including phenoxy) is 2. The lowest BCUT2D eigenvalue weighted by atomic mass is 10.1. The number of phosphoric acid groups is 1. The zero-order valence-corrected chi connectivity index (χ0v) is 38.2. The molecule has 0 radical (unpaired) electrons. The summed E-state index contributed by atoms with van der Waals surface area (Å²) in [7, 11) is 1.38. The number of rotatable bonds is 38. The van der Waals surface area contributed by atoms with Crippen LogP contribution in [0, 0.1) is 0 Å². The zero-order chi connectivity index (χ0) is 43.7. The summed E-state index contributed by atoms with van der Waals surface area (Å²) in [5.74, 6) is -0.926. The molecule has 0 aromatic carbocycles. The van der Waals surface area contributed by atoms with Gasteiger partial charge in [0, 0.05) is 12.8 Å². The molecule has 0 heterocycles. The molecule has 0 aliphatic rings. The highest BCUT2D eigenvalue weighted by molar-refractivity contribution is 7.47. The van der Waals surface area contributed by atoms with Crippen molar-refractivity contribution in [3.05, 3.63) is 97.2 Å². The Hall–Kier alpha value is -3.11. The van der Waals surface area contributed by atoms with Crippen molar-refractivity contribution >= 4 is 19.8 Å². The average molecular weight is 847 g/mol. The highest BCUT2D eigenvalue weighted by Gasteiger charge is 2.27. The zero-order valence-electron chi connectivity index (χ0n) is 37.3. The first kappa shape index (κ1) is 55.9. The minimum absolute atomic E-state index is 0.00405. The summed E-state index contributed by atoms with van der Waals surface area (Å²) in [5.41, 5.74) is 0. The number of hydrogen-bond acceptors (Lipinski definition) is 8. The number of quaternary nitrogens is 1. The maximum atomic E-state index is 12.7. The van der Waals surface area contributed by atoms with Crippen LogP contribution in [-0.2, 0) is 32.7 Å². The molecule has 0 amide bonds. The Bertz CT molecular complexity index is 1340. The van der Waals surface area contributed by atoms with Crippen LogP contribution in [0.5, 0.6) is 0 Å². The lowest BCUT2D eigenvalue weighted by molar-refractivity contribution is -0.870. The normalized spacial score (nSPS) is 15.0. The van der Waals surface area contributed by atoms with Gasteiger partial charge in [-0.1, -0.05) is 137 Å². The van der Waals surface area contributed by atoms with Gasteiger partial charge in [0.25, 0.3) is 0 Å². The Morgan fingerprint density at radius 1 is 0.610 bits per heavy atom. The predicted octanol–water partition coefficient (Wildman–Crippen LogP) is 11.5.